The van der Waals surface area contributed by atoms with Gasteiger partial charge in [-0.1, -0.05) is 12.5 Å². The molecule has 4 heterocycles. The third-order valence-electron chi connectivity index (χ3n) is 6.90. The molecule has 1 aromatic carbocycles. The van der Waals surface area contributed by atoms with E-state index in [0.717, 1.165) is 73.3 Å². The van der Waals surface area contributed by atoms with Gasteiger partial charge in [-0.15, -0.1) is 11.3 Å². The van der Waals surface area contributed by atoms with Gasteiger partial charge in [0.15, 0.2) is 16.6 Å². The number of nitrogens with one attached hydrogen (secondary N) is 2. The van der Waals surface area contributed by atoms with Crippen LogP contribution in [0.2, 0.25) is 0 Å². The molecule has 0 spiro atoms. The third-order valence-corrected chi connectivity index (χ3v) is 8.18. The van der Waals surface area contributed by atoms with Gasteiger partial charge in [-0.3, -0.25) is 0 Å². The minimum Gasteiger partial charge on any atom is -0.493 e. The smallest absolute Gasteiger partial charge is 0.169 e. The number of fused-ring (bicyclic) bond motifs is 1. The third kappa shape index (κ3) is 5.99. The van der Waals surface area contributed by atoms with Crippen LogP contribution in [-0.4, -0.2) is 72.5 Å². The maximum absolute atomic E-state index is 6.15. The number of thiocarbonyl (C=S) groups is 1. The van der Waals surface area contributed by atoms with E-state index >= 15 is 0 Å². The Labute approximate surface area is 222 Å². The summed E-state index contributed by atoms with van der Waals surface area (Å²) in [5.41, 5.74) is 0.863. The molecule has 36 heavy (non-hydrogen) atoms. The van der Waals surface area contributed by atoms with Crippen LogP contribution in [0.5, 0.6) is 11.5 Å². The molecular formula is C26H34N6O2S2. The summed E-state index contributed by atoms with van der Waals surface area (Å²) in [5.74, 6) is 2.37. The molecule has 0 amide bonds. The van der Waals surface area contributed by atoms with Crippen molar-refractivity contribution in [2.24, 2.45) is 0 Å². The van der Waals surface area contributed by atoms with Crippen LogP contribution in [-0.2, 0) is 6.54 Å². The Hall–Kier alpha value is -2.69. The van der Waals surface area contributed by atoms with Crippen LogP contribution in [0.1, 0.15) is 30.6 Å². The molecule has 8 nitrogen and oxygen atoms in total. The number of benzene rings is 1. The Morgan fingerprint density at radius 1 is 1.19 bits per heavy atom. The van der Waals surface area contributed by atoms with Crippen LogP contribution >= 0.6 is 23.6 Å². The lowest BCUT2D eigenvalue weighted by atomic mass is 10.0. The van der Waals surface area contributed by atoms with Crippen molar-refractivity contribution in [2.45, 2.75) is 38.3 Å². The van der Waals surface area contributed by atoms with Crippen molar-refractivity contribution in [1.29, 1.82) is 0 Å². The highest BCUT2D eigenvalue weighted by Crippen LogP contribution is 2.35. The van der Waals surface area contributed by atoms with Crippen LogP contribution in [0.15, 0.2) is 36.0 Å². The van der Waals surface area contributed by atoms with E-state index in [1.165, 1.54) is 24.1 Å². The number of methoxy groups -OCH3 is 1. The Balaban J connectivity index is 1.22. The van der Waals surface area contributed by atoms with Gasteiger partial charge in [-0.2, -0.15) is 0 Å². The summed E-state index contributed by atoms with van der Waals surface area (Å²) in [6.45, 7) is 5.89. The quantitative estimate of drug-likeness (QED) is 0.426. The predicted octanol–water partition coefficient (Wildman–Crippen LogP) is 3.81. The maximum Gasteiger partial charge on any atom is 0.169 e. The van der Waals surface area contributed by atoms with Gasteiger partial charge < -0.3 is 29.9 Å². The van der Waals surface area contributed by atoms with E-state index in [1.807, 2.05) is 12.1 Å². The molecule has 2 aliphatic rings. The molecular weight excluding hydrogens is 492 g/mol. The predicted molar refractivity (Wildman–Crippen MR) is 149 cm³/mol. The number of nitrogens with zero attached hydrogens (tertiary/aromatic N) is 4. The summed E-state index contributed by atoms with van der Waals surface area (Å²) in [6, 6.07) is 8.72. The minimum absolute atomic E-state index is 0.538. The number of aromatic nitrogens is 2. The van der Waals surface area contributed by atoms with Crippen LogP contribution in [0.4, 0.5) is 5.82 Å². The second kappa shape index (κ2) is 12.0. The van der Waals surface area contributed by atoms with Crippen LogP contribution in [0.3, 0.4) is 0 Å². The molecule has 10 heteroatoms. The number of thiophene rings is 1. The second-order valence-corrected chi connectivity index (χ2v) is 10.6. The maximum atomic E-state index is 6.15. The zero-order valence-corrected chi connectivity index (χ0v) is 22.4. The SMILES string of the molecule is COc1cc2c(N3CCN(C(=S)NCc4cccs4)CC3)ncnc2cc1OCCC1CCCCN1. The molecule has 2 N–H and O–H groups in total. The molecule has 0 saturated carbocycles. The fraction of sp³-hybridized carbons (Fsp3) is 0.500. The van der Waals surface area contributed by atoms with Crippen molar-refractivity contribution >= 4 is 45.4 Å². The fourth-order valence-electron chi connectivity index (χ4n) is 4.87. The molecule has 3 aromatic rings. The van der Waals surface area contributed by atoms with Crippen molar-refractivity contribution in [3.8, 4) is 11.5 Å². The zero-order valence-electron chi connectivity index (χ0n) is 20.7. The van der Waals surface area contributed by atoms with E-state index in [-0.39, 0.29) is 0 Å². The molecule has 0 radical (unpaired) electrons. The van der Waals surface area contributed by atoms with Crippen LogP contribution < -0.4 is 25.0 Å². The van der Waals surface area contributed by atoms with E-state index in [9.17, 15) is 0 Å². The largest absolute Gasteiger partial charge is 0.493 e. The Morgan fingerprint density at radius 2 is 2.08 bits per heavy atom. The minimum atomic E-state index is 0.538. The topological polar surface area (TPSA) is 74.8 Å². The molecule has 1 unspecified atom stereocenters. The number of hydrogen-bond donors (Lipinski definition) is 2. The van der Waals surface area contributed by atoms with E-state index in [2.05, 4.69) is 47.9 Å². The summed E-state index contributed by atoms with van der Waals surface area (Å²) < 4.78 is 11.8. The van der Waals surface area contributed by atoms with Crippen molar-refractivity contribution in [3.05, 3.63) is 40.8 Å². The molecule has 2 saturated heterocycles. The molecule has 2 aliphatic heterocycles. The first-order valence-electron chi connectivity index (χ1n) is 12.7. The highest BCUT2D eigenvalue weighted by molar-refractivity contribution is 7.80. The van der Waals surface area contributed by atoms with E-state index < -0.39 is 0 Å². The highest BCUT2D eigenvalue weighted by atomic mass is 32.1. The average Bonchev–Trinajstić information content (AvgIpc) is 3.45. The summed E-state index contributed by atoms with van der Waals surface area (Å²) >= 11 is 7.38. The molecule has 1 atom stereocenters. The van der Waals surface area contributed by atoms with E-state index in [1.54, 1.807) is 24.8 Å². The molecule has 2 fully saturated rings. The summed E-state index contributed by atoms with van der Waals surface area (Å²) in [6.07, 6.45) is 6.41. The summed E-state index contributed by atoms with van der Waals surface area (Å²) in [7, 11) is 1.68. The lowest BCUT2D eigenvalue weighted by Crippen LogP contribution is -2.51. The molecule has 0 bridgehead atoms. The van der Waals surface area contributed by atoms with Crippen molar-refractivity contribution in [1.82, 2.24) is 25.5 Å². The number of rotatable bonds is 8. The van der Waals surface area contributed by atoms with Gasteiger partial charge in [0, 0.05) is 48.6 Å². The zero-order chi connectivity index (χ0) is 24.7. The van der Waals surface area contributed by atoms with Gasteiger partial charge in [0.1, 0.15) is 12.1 Å². The monoisotopic (exact) mass is 526 g/mol. The molecule has 2 aromatic heterocycles. The van der Waals surface area contributed by atoms with Gasteiger partial charge in [0.25, 0.3) is 0 Å². The van der Waals surface area contributed by atoms with Crippen LogP contribution in [0.25, 0.3) is 10.9 Å². The van der Waals surface area contributed by atoms with Gasteiger partial charge in [-0.05, 0) is 55.5 Å². The number of piperidine rings is 1. The van der Waals surface area contributed by atoms with Gasteiger partial charge in [0.05, 0.1) is 25.8 Å². The summed E-state index contributed by atoms with van der Waals surface area (Å²) in [4.78, 5) is 15.0. The molecule has 192 valence electrons. The van der Waals surface area contributed by atoms with Crippen molar-refractivity contribution in [2.75, 3.05) is 51.3 Å². The number of hydrogen-bond acceptors (Lipinski definition) is 8. The average molecular weight is 527 g/mol. The first kappa shape index (κ1) is 25.0. The van der Waals surface area contributed by atoms with Gasteiger partial charge in [0.2, 0.25) is 0 Å². The first-order valence-corrected chi connectivity index (χ1v) is 14.0. The van der Waals surface area contributed by atoms with Gasteiger partial charge >= 0.3 is 0 Å². The van der Waals surface area contributed by atoms with Gasteiger partial charge in [-0.25, -0.2) is 9.97 Å². The standard InChI is InChI=1S/C26H34N6O2S2/c1-33-23-15-21-22(16-24(23)34-13-7-19-5-2-3-8-27-19)29-18-30-25(21)31-9-11-32(12-10-31)26(35)28-17-20-6-4-14-36-20/h4,6,14-16,18-19,27H,2-3,5,7-13,17H2,1H3,(H,28,35). The first-order chi connectivity index (χ1) is 17.7. The van der Waals surface area contributed by atoms with E-state index in [0.29, 0.717) is 18.4 Å². The Kier molecular flexibility index (Phi) is 8.35. The normalized spacial score (nSPS) is 18.3. The van der Waals surface area contributed by atoms with Crippen molar-refractivity contribution < 1.29 is 9.47 Å². The number of piperazine rings is 1. The van der Waals surface area contributed by atoms with E-state index in [4.69, 9.17) is 21.7 Å². The molecule has 0 aliphatic carbocycles. The number of anilines is 1. The number of ether oxygens (including phenoxy) is 2. The lowest BCUT2D eigenvalue weighted by molar-refractivity contribution is 0.257. The lowest BCUT2D eigenvalue weighted by Gasteiger charge is -2.37. The van der Waals surface area contributed by atoms with Crippen LogP contribution in [0, 0.1) is 0 Å². The molecule has 5 rings (SSSR count). The second-order valence-electron chi connectivity index (χ2n) is 9.21. The summed E-state index contributed by atoms with van der Waals surface area (Å²) in [5, 5.41) is 10.8. The Morgan fingerprint density at radius 3 is 2.83 bits per heavy atom. The fourth-order valence-corrected chi connectivity index (χ4v) is 5.76. The highest BCUT2D eigenvalue weighted by Gasteiger charge is 2.23. The van der Waals surface area contributed by atoms with Crippen molar-refractivity contribution in [3.63, 3.8) is 0 Å². The Bertz CT molecular complexity index is 1140.